The van der Waals surface area contributed by atoms with Crippen molar-refractivity contribution in [2.45, 2.75) is 6.42 Å². The van der Waals surface area contributed by atoms with E-state index in [1.165, 1.54) is 0 Å². The molecule has 0 atom stereocenters. The zero-order chi connectivity index (χ0) is 10.6. The molecule has 0 amide bonds. The standard InChI is InChI=1S/C10H12BrClO2/c1-13-9-6-8(12)5-7(3-4-11)10(9)14-2/h5-6H,3-4H2,1-2H3. The Kier molecular flexibility index (Phi) is 4.55. The molecular formula is C10H12BrClO2. The van der Waals surface area contributed by atoms with Gasteiger partial charge < -0.3 is 9.47 Å². The van der Waals surface area contributed by atoms with Gasteiger partial charge in [0.2, 0.25) is 0 Å². The molecule has 0 saturated carbocycles. The molecule has 0 bridgehead atoms. The molecule has 0 radical (unpaired) electrons. The smallest absolute Gasteiger partial charge is 0.164 e. The molecule has 0 unspecified atom stereocenters. The van der Waals surface area contributed by atoms with E-state index in [1.807, 2.05) is 6.07 Å². The Bertz CT molecular complexity index is 315. The van der Waals surface area contributed by atoms with Crippen LogP contribution in [0.2, 0.25) is 5.02 Å². The Morgan fingerprint density at radius 3 is 2.50 bits per heavy atom. The lowest BCUT2D eigenvalue weighted by atomic mass is 10.1. The number of aryl methyl sites for hydroxylation is 1. The van der Waals surface area contributed by atoms with E-state index in [4.69, 9.17) is 21.1 Å². The maximum absolute atomic E-state index is 5.94. The van der Waals surface area contributed by atoms with Gasteiger partial charge >= 0.3 is 0 Å². The summed E-state index contributed by atoms with van der Waals surface area (Å²) in [6.07, 6.45) is 0.861. The molecule has 0 fully saturated rings. The summed E-state index contributed by atoms with van der Waals surface area (Å²) in [5.41, 5.74) is 1.05. The van der Waals surface area contributed by atoms with E-state index in [9.17, 15) is 0 Å². The monoisotopic (exact) mass is 278 g/mol. The number of alkyl halides is 1. The van der Waals surface area contributed by atoms with E-state index < -0.39 is 0 Å². The van der Waals surface area contributed by atoms with Gasteiger partial charge in [-0.25, -0.2) is 0 Å². The lowest BCUT2D eigenvalue weighted by Crippen LogP contribution is -1.97. The van der Waals surface area contributed by atoms with Crippen LogP contribution < -0.4 is 9.47 Å². The van der Waals surface area contributed by atoms with Crippen molar-refractivity contribution in [1.82, 2.24) is 0 Å². The molecule has 14 heavy (non-hydrogen) atoms. The third-order valence-corrected chi connectivity index (χ3v) is 2.50. The fourth-order valence-electron chi connectivity index (χ4n) is 1.29. The van der Waals surface area contributed by atoms with Crippen molar-refractivity contribution in [2.24, 2.45) is 0 Å². The van der Waals surface area contributed by atoms with Crippen molar-refractivity contribution < 1.29 is 9.47 Å². The van der Waals surface area contributed by atoms with Crippen LogP contribution in [0.15, 0.2) is 12.1 Å². The van der Waals surface area contributed by atoms with Gasteiger partial charge in [0.05, 0.1) is 14.2 Å². The highest BCUT2D eigenvalue weighted by Crippen LogP contribution is 2.34. The van der Waals surface area contributed by atoms with Crippen molar-refractivity contribution in [1.29, 1.82) is 0 Å². The molecule has 1 aromatic rings. The van der Waals surface area contributed by atoms with Crippen LogP contribution in [0.25, 0.3) is 0 Å². The number of hydrogen-bond acceptors (Lipinski definition) is 2. The molecule has 0 aliphatic carbocycles. The van der Waals surface area contributed by atoms with Crippen LogP contribution in [-0.2, 0) is 6.42 Å². The first kappa shape index (κ1) is 11.7. The van der Waals surface area contributed by atoms with Crippen LogP contribution in [0.3, 0.4) is 0 Å². The molecule has 78 valence electrons. The Morgan fingerprint density at radius 1 is 1.29 bits per heavy atom. The van der Waals surface area contributed by atoms with E-state index in [2.05, 4.69) is 15.9 Å². The lowest BCUT2D eigenvalue weighted by Gasteiger charge is -2.12. The second-order valence-electron chi connectivity index (χ2n) is 2.74. The molecule has 0 aliphatic heterocycles. The lowest BCUT2D eigenvalue weighted by molar-refractivity contribution is 0.352. The zero-order valence-electron chi connectivity index (χ0n) is 8.14. The molecule has 0 spiro atoms. The molecule has 0 aliphatic rings. The molecule has 0 saturated heterocycles. The van der Waals surface area contributed by atoms with Crippen molar-refractivity contribution in [3.8, 4) is 11.5 Å². The predicted molar refractivity (Wildman–Crippen MR) is 62.1 cm³/mol. The first-order valence-corrected chi connectivity index (χ1v) is 5.69. The predicted octanol–water partition coefficient (Wildman–Crippen LogP) is 3.29. The van der Waals surface area contributed by atoms with Crippen LogP contribution in [-0.4, -0.2) is 19.5 Å². The molecule has 0 aromatic heterocycles. The maximum Gasteiger partial charge on any atom is 0.164 e. The van der Waals surface area contributed by atoms with Crippen LogP contribution in [0.1, 0.15) is 5.56 Å². The summed E-state index contributed by atoms with van der Waals surface area (Å²) in [4.78, 5) is 0. The summed E-state index contributed by atoms with van der Waals surface area (Å²) in [6.45, 7) is 0. The summed E-state index contributed by atoms with van der Waals surface area (Å²) < 4.78 is 10.4. The number of halogens is 2. The zero-order valence-corrected chi connectivity index (χ0v) is 10.5. The second kappa shape index (κ2) is 5.47. The first-order valence-electron chi connectivity index (χ1n) is 4.19. The summed E-state index contributed by atoms with van der Waals surface area (Å²) in [6, 6.07) is 3.64. The van der Waals surface area contributed by atoms with Crippen molar-refractivity contribution in [2.75, 3.05) is 19.5 Å². The summed E-state index contributed by atoms with van der Waals surface area (Å²) in [7, 11) is 3.23. The van der Waals surface area contributed by atoms with Crippen LogP contribution >= 0.6 is 27.5 Å². The van der Waals surface area contributed by atoms with E-state index >= 15 is 0 Å². The van der Waals surface area contributed by atoms with Gasteiger partial charge in [0.25, 0.3) is 0 Å². The molecule has 0 N–H and O–H groups in total. The Morgan fingerprint density at radius 2 is 2.00 bits per heavy atom. The normalized spacial score (nSPS) is 10.0. The molecule has 2 nitrogen and oxygen atoms in total. The van der Waals surface area contributed by atoms with Gasteiger partial charge in [-0.05, 0) is 12.5 Å². The average Bonchev–Trinajstić information content (AvgIpc) is 2.17. The number of methoxy groups -OCH3 is 2. The summed E-state index contributed by atoms with van der Waals surface area (Å²) in [5, 5.41) is 1.53. The van der Waals surface area contributed by atoms with Crippen molar-refractivity contribution >= 4 is 27.5 Å². The molecule has 0 heterocycles. The first-order chi connectivity index (χ1) is 6.72. The van der Waals surface area contributed by atoms with Crippen LogP contribution in [0, 0.1) is 0 Å². The van der Waals surface area contributed by atoms with E-state index in [0.717, 1.165) is 23.1 Å². The fourth-order valence-corrected chi connectivity index (χ4v) is 1.95. The van der Waals surface area contributed by atoms with Crippen molar-refractivity contribution in [3.05, 3.63) is 22.7 Å². The Balaban J connectivity index is 3.17. The number of rotatable bonds is 4. The minimum Gasteiger partial charge on any atom is -0.493 e. The molecule has 1 rings (SSSR count). The highest BCUT2D eigenvalue weighted by molar-refractivity contribution is 9.09. The molecule has 1 aromatic carbocycles. The van der Waals surface area contributed by atoms with Gasteiger partial charge in [-0.2, -0.15) is 0 Å². The van der Waals surface area contributed by atoms with E-state index in [1.54, 1.807) is 20.3 Å². The van der Waals surface area contributed by atoms with Gasteiger partial charge in [-0.1, -0.05) is 27.5 Å². The third kappa shape index (κ3) is 2.55. The Labute approximate surface area is 97.3 Å². The van der Waals surface area contributed by atoms with Gasteiger partial charge in [0.1, 0.15) is 0 Å². The largest absolute Gasteiger partial charge is 0.493 e. The van der Waals surface area contributed by atoms with Crippen LogP contribution in [0.4, 0.5) is 0 Å². The number of ether oxygens (including phenoxy) is 2. The molecule has 4 heteroatoms. The third-order valence-electron chi connectivity index (χ3n) is 1.88. The maximum atomic E-state index is 5.94. The highest BCUT2D eigenvalue weighted by Gasteiger charge is 2.10. The molecular weight excluding hydrogens is 267 g/mol. The van der Waals surface area contributed by atoms with Gasteiger partial charge in [0.15, 0.2) is 11.5 Å². The highest BCUT2D eigenvalue weighted by atomic mass is 79.9. The number of benzene rings is 1. The Hall–Kier alpha value is -0.410. The van der Waals surface area contributed by atoms with Gasteiger partial charge in [-0.15, -0.1) is 0 Å². The quantitative estimate of drug-likeness (QED) is 0.787. The number of hydrogen-bond donors (Lipinski definition) is 0. The van der Waals surface area contributed by atoms with Gasteiger partial charge in [0, 0.05) is 22.0 Å². The SMILES string of the molecule is COc1cc(Cl)cc(CCBr)c1OC. The minimum absolute atomic E-state index is 0.665. The average molecular weight is 280 g/mol. The van der Waals surface area contributed by atoms with E-state index in [-0.39, 0.29) is 0 Å². The summed E-state index contributed by atoms with van der Waals surface area (Å²) >= 11 is 9.32. The van der Waals surface area contributed by atoms with E-state index in [0.29, 0.717) is 10.8 Å². The summed E-state index contributed by atoms with van der Waals surface area (Å²) in [5.74, 6) is 1.44. The second-order valence-corrected chi connectivity index (χ2v) is 3.97. The minimum atomic E-state index is 0.665. The fraction of sp³-hybridized carbons (Fsp3) is 0.400. The van der Waals surface area contributed by atoms with Crippen LogP contribution in [0.5, 0.6) is 11.5 Å². The topological polar surface area (TPSA) is 18.5 Å². The van der Waals surface area contributed by atoms with Crippen molar-refractivity contribution in [3.63, 3.8) is 0 Å². The van der Waals surface area contributed by atoms with Gasteiger partial charge in [-0.3, -0.25) is 0 Å².